The van der Waals surface area contributed by atoms with Gasteiger partial charge in [-0.2, -0.15) is 0 Å². The lowest BCUT2D eigenvalue weighted by molar-refractivity contribution is -0.129. The van der Waals surface area contributed by atoms with Crippen LogP contribution in [0.5, 0.6) is 11.5 Å². The first kappa shape index (κ1) is 18.6. The van der Waals surface area contributed by atoms with Crippen molar-refractivity contribution in [3.05, 3.63) is 53.6 Å². The van der Waals surface area contributed by atoms with Gasteiger partial charge in [-0.15, -0.1) is 0 Å². The number of carbonyl (C=O) groups excluding carboxylic acids is 1. The second kappa shape index (κ2) is 8.39. The van der Waals surface area contributed by atoms with Crippen LogP contribution < -0.4 is 14.2 Å². The highest BCUT2D eigenvalue weighted by molar-refractivity contribution is 7.91. The zero-order valence-electron chi connectivity index (χ0n) is 13.9. The van der Waals surface area contributed by atoms with Gasteiger partial charge in [0.2, 0.25) is 10.0 Å². The molecule has 0 radical (unpaired) electrons. The zero-order chi connectivity index (χ0) is 18.3. The average molecular weight is 365 g/mol. The van der Waals surface area contributed by atoms with Gasteiger partial charge in [-0.05, 0) is 23.3 Å². The summed E-state index contributed by atoms with van der Waals surface area (Å²) in [6.07, 6.45) is 0. The Balaban J connectivity index is 2.07. The summed E-state index contributed by atoms with van der Waals surface area (Å²) >= 11 is 0. The standard InChI is InChI=1S/C17H19NO6S/c1-22-16-8-7-15(9-17(16)23-2)18-25(20,21)11-14-5-3-13(4-6-14)10-24-12-19/h3-9,12,18H,10-11H2,1-2H3. The number of benzene rings is 2. The molecule has 0 bridgehead atoms. The van der Waals surface area contributed by atoms with Crippen LogP contribution in [0, 0.1) is 0 Å². The number of nitrogens with one attached hydrogen (secondary N) is 1. The predicted octanol–water partition coefficient (Wildman–Crippen LogP) is 2.32. The molecule has 0 aliphatic rings. The molecule has 0 heterocycles. The van der Waals surface area contributed by atoms with E-state index in [1.807, 2.05) is 0 Å². The zero-order valence-corrected chi connectivity index (χ0v) is 14.7. The third-order valence-corrected chi connectivity index (χ3v) is 4.61. The molecule has 2 rings (SSSR count). The molecule has 0 saturated carbocycles. The van der Waals surface area contributed by atoms with Crippen molar-refractivity contribution in [2.45, 2.75) is 12.4 Å². The lowest BCUT2D eigenvalue weighted by Crippen LogP contribution is -2.15. The summed E-state index contributed by atoms with van der Waals surface area (Å²) in [5.74, 6) is 0.761. The highest BCUT2D eigenvalue weighted by Gasteiger charge is 2.13. The van der Waals surface area contributed by atoms with Crippen LogP contribution >= 0.6 is 0 Å². The molecule has 1 N–H and O–H groups in total. The molecule has 25 heavy (non-hydrogen) atoms. The lowest BCUT2D eigenvalue weighted by atomic mass is 10.2. The maximum atomic E-state index is 12.3. The molecule has 0 aromatic heterocycles. The lowest BCUT2D eigenvalue weighted by Gasteiger charge is -2.12. The van der Waals surface area contributed by atoms with Crippen molar-refractivity contribution in [1.29, 1.82) is 0 Å². The number of rotatable bonds is 9. The van der Waals surface area contributed by atoms with Crippen molar-refractivity contribution in [3.8, 4) is 11.5 Å². The number of hydrogen-bond acceptors (Lipinski definition) is 6. The van der Waals surface area contributed by atoms with Crippen LogP contribution in [0.25, 0.3) is 0 Å². The number of anilines is 1. The van der Waals surface area contributed by atoms with E-state index in [1.165, 1.54) is 14.2 Å². The van der Waals surface area contributed by atoms with Gasteiger partial charge in [-0.3, -0.25) is 9.52 Å². The van der Waals surface area contributed by atoms with E-state index in [0.29, 0.717) is 29.2 Å². The maximum absolute atomic E-state index is 12.3. The summed E-state index contributed by atoms with van der Waals surface area (Å²) in [5.41, 5.74) is 1.78. The largest absolute Gasteiger partial charge is 0.493 e. The van der Waals surface area contributed by atoms with Crippen LogP contribution in [0.15, 0.2) is 42.5 Å². The number of carbonyl (C=O) groups is 1. The van der Waals surface area contributed by atoms with E-state index >= 15 is 0 Å². The minimum Gasteiger partial charge on any atom is -0.493 e. The van der Waals surface area contributed by atoms with Gasteiger partial charge in [0, 0.05) is 6.07 Å². The van der Waals surface area contributed by atoms with Crippen LogP contribution in [0.3, 0.4) is 0 Å². The van der Waals surface area contributed by atoms with Gasteiger partial charge in [-0.1, -0.05) is 24.3 Å². The van der Waals surface area contributed by atoms with E-state index < -0.39 is 10.0 Å². The Hall–Kier alpha value is -2.74. The molecule has 2 aromatic rings. The molecule has 2 aromatic carbocycles. The van der Waals surface area contributed by atoms with Crippen molar-refractivity contribution >= 4 is 22.2 Å². The Kier molecular flexibility index (Phi) is 6.24. The van der Waals surface area contributed by atoms with Crippen LogP contribution in [-0.2, 0) is 31.9 Å². The number of hydrogen-bond donors (Lipinski definition) is 1. The van der Waals surface area contributed by atoms with E-state index in [0.717, 1.165) is 5.56 Å². The number of methoxy groups -OCH3 is 2. The Morgan fingerprint density at radius 2 is 1.60 bits per heavy atom. The highest BCUT2D eigenvalue weighted by Crippen LogP contribution is 2.30. The predicted molar refractivity (Wildman–Crippen MR) is 93.1 cm³/mol. The van der Waals surface area contributed by atoms with Crippen LogP contribution in [0.2, 0.25) is 0 Å². The summed E-state index contributed by atoms with van der Waals surface area (Å²) in [4.78, 5) is 10.2. The molecule has 0 fully saturated rings. The van der Waals surface area contributed by atoms with Gasteiger partial charge in [0.15, 0.2) is 11.5 Å². The third-order valence-electron chi connectivity index (χ3n) is 3.35. The van der Waals surface area contributed by atoms with Gasteiger partial charge in [0.25, 0.3) is 6.47 Å². The van der Waals surface area contributed by atoms with Crippen molar-refractivity contribution in [3.63, 3.8) is 0 Å². The fraction of sp³-hybridized carbons (Fsp3) is 0.235. The third kappa shape index (κ3) is 5.39. The van der Waals surface area contributed by atoms with Crippen molar-refractivity contribution < 1.29 is 27.4 Å². The molecular formula is C17H19NO6S. The Morgan fingerprint density at radius 1 is 0.960 bits per heavy atom. The van der Waals surface area contributed by atoms with Gasteiger partial charge in [-0.25, -0.2) is 8.42 Å². The summed E-state index contributed by atoms with van der Waals surface area (Å²) in [7, 11) is -0.612. The molecule has 0 atom stereocenters. The van der Waals surface area contributed by atoms with Gasteiger partial charge >= 0.3 is 0 Å². The SMILES string of the molecule is COc1ccc(NS(=O)(=O)Cc2ccc(COC=O)cc2)cc1OC. The first-order valence-electron chi connectivity index (χ1n) is 7.33. The molecular weight excluding hydrogens is 346 g/mol. The molecule has 134 valence electrons. The van der Waals surface area contributed by atoms with Crippen LogP contribution in [0.1, 0.15) is 11.1 Å². The summed E-state index contributed by atoms with van der Waals surface area (Å²) in [6, 6.07) is 11.6. The molecule has 7 nitrogen and oxygen atoms in total. The number of sulfonamides is 1. The summed E-state index contributed by atoms with van der Waals surface area (Å²) in [6.45, 7) is 0.520. The molecule has 0 amide bonds. The molecule has 0 aliphatic carbocycles. The topological polar surface area (TPSA) is 90.9 Å². The maximum Gasteiger partial charge on any atom is 0.293 e. The van der Waals surface area contributed by atoms with E-state index in [2.05, 4.69) is 9.46 Å². The molecule has 0 saturated heterocycles. The first-order valence-corrected chi connectivity index (χ1v) is 8.98. The highest BCUT2D eigenvalue weighted by atomic mass is 32.2. The monoisotopic (exact) mass is 365 g/mol. The first-order chi connectivity index (χ1) is 12.0. The Labute approximate surface area is 146 Å². The fourth-order valence-corrected chi connectivity index (χ4v) is 3.39. The van der Waals surface area contributed by atoms with E-state index in [-0.39, 0.29) is 12.4 Å². The van der Waals surface area contributed by atoms with Crippen molar-refractivity contribution in [2.24, 2.45) is 0 Å². The summed E-state index contributed by atoms with van der Waals surface area (Å²) in [5, 5.41) is 0. The van der Waals surface area contributed by atoms with Gasteiger partial charge < -0.3 is 14.2 Å². The van der Waals surface area contributed by atoms with E-state index in [1.54, 1.807) is 42.5 Å². The summed E-state index contributed by atoms with van der Waals surface area (Å²) < 4.78 is 42.1. The second-order valence-electron chi connectivity index (χ2n) is 5.15. The van der Waals surface area contributed by atoms with Crippen LogP contribution in [-0.4, -0.2) is 29.1 Å². The van der Waals surface area contributed by atoms with E-state index in [9.17, 15) is 13.2 Å². The molecule has 8 heteroatoms. The van der Waals surface area contributed by atoms with E-state index in [4.69, 9.17) is 9.47 Å². The molecule has 0 aliphatic heterocycles. The Bertz CT molecular complexity index is 818. The Morgan fingerprint density at radius 3 is 2.20 bits per heavy atom. The van der Waals surface area contributed by atoms with Gasteiger partial charge in [0.05, 0.1) is 25.7 Å². The smallest absolute Gasteiger partial charge is 0.293 e. The van der Waals surface area contributed by atoms with Crippen molar-refractivity contribution in [1.82, 2.24) is 0 Å². The van der Waals surface area contributed by atoms with Crippen LogP contribution in [0.4, 0.5) is 5.69 Å². The number of ether oxygens (including phenoxy) is 3. The molecule has 0 unspecified atom stereocenters. The van der Waals surface area contributed by atoms with Gasteiger partial charge in [0.1, 0.15) is 6.61 Å². The normalized spacial score (nSPS) is 10.8. The average Bonchev–Trinajstić information content (AvgIpc) is 2.60. The second-order valence-corrected chi connectivity index (χ2v) is 6.88. The minimum atomic E-state index is -3.60. The van der Waals surface area contributed by atoms with Crippen molar-refractivity contribution in [2.75, 3.05) is 18.9 Å². The molecule has 0 spiro atoms. The quantitative estimate of drug-likeness (QED) is 0.686. The fourth-order valence-electron chi connectivity index (χ4n) is 2.20. The minimum absolute atomic E-state index is 0.153.